The van der Waals surface area contributed by atoms with Crippen molar-refractivity contribution in [1.29, 1.82) is 0 Å². The number of nitrogens with one attached hydrogen (secondary N) is 3. The molecular formula is C16H14N4O5. The van der Waals surface area contributed by atoms with Crippen LogP contribution in [0, 0.1) is 0 Å². The highest BCUT2D eigenvalue weighted by atomic mass is 16.5. The van der Waals surface area contributed by atoms with Crippen LogP contribution in [0.5, 0.6) is 11.5 Å². The highest BCUT2D eigenvalue weighted by molar-refractivity contribution is 6.06. The quantitative estimate of drug-likeness (QED) is 0.558. The van der Waals surface area contributed by atoms with Gasteiger partial charge in [-0.1, -0.05) is 6.07 Å². The average molecular weight is 342 g/mol. The molecule has 0 unspecified atom stereocenters. The van der Waals surface area contributed by atoms with E-state index in [1.54, 1.807) is 6.07 Å². The summed E-state index contributed by atoms with van der Waals surface area (Å²) in [6, 6.07) is 10.7. The van der Waals surface area contributed by atoms with E-state index in [-0.39, 0.29) is 17.1 Å². The molecule has 9 heteroatoms. The van der Waals surface area contributed by atoms with Gasteiger partial charge in [0.15, 0.2) is 11.5 Å². The predicted molar refractivity (Wildman–Crippen MR) is 89.6 cm³/mol. The molecule has 25 heavy (non-hydrogen) atoms. The zero-order valence-corrected chi connectivity index (χ0v) is 13.1. The first kappa shape index (κ1) is 16.1. The number of aromatic hydroxyl groups is 1. The number of hydrogen-bond acceptors (Lipinski definition) is 5. The van der Waals surface area contributed by atoms with E-state index in [0.717, 1.165) is 4.57 Å². The van der Waals surface area contributed by atoms with E-state index >= 15 is 0 Å². The van der Waals surface area contributed by atoms with Crippen LogP contribution in [0.2, 0.25) is 0 Å². The summed E-state index contributed by atoms with van der Waals surface area (Å²) in [5.74, 6) is -0.598. The fraction of sp³-hybridized carbons (Fsp3) is 0.0625. The van der Waals surface area contributed by atoms with E-state index in [1.165, 1.54) is 43.5 Å². The second-order valence-corrected chi connectivity index (χ2v) is 5.05. The van der Waals surface area contributed by atoms with E-state index < -0.39 is 17.3 Å². The molecule has 0 radical (unpaired) electrons. The summed E-state index contributed by atoms with van der Waals surface area (Å²) in [5, 5.41) is 17.0. The number of hydrogen-bond donors (Lipinski definition) is 4. The van der Waals surface area contributed by atoms with Crippen LogP contribution >= 0.6 is 0 Å². The molecule has 4 N–H and O–H groups in total. The third-order valence-electron chi connectivity index (χ3n) is 3.53. The van der Waals surface area contributed by atoms with Crippen molar-refractivity contribution in [3.63, 3.8) is 0 Å². The number of aromatic nitrogens is 3. The van der Waals surface area contributed by atoms with Crippen LogP contribution in [0.15, 0.2) is 52.1 Å². The summed E-state index contributed by atoms with van der Waals surface area (Å²) in [4.78, 5) is 35.4. The number of ether oxygens (including phenoxy) is 1. The van der Waals surface area contributed by atoms with Crippen LogP contribution < -0.4 is 21.4 Å². The summed E-state index contributed by atoms with van der Waals surface area (Å²) in [6.07, 6.45) is 0. The molecule has 0 aliphatic rings. The molecule has 0 aliphatic carbocycles. The van der Waals surface area contributed by atoms with E-state index in [9.17, 15) is 19.5 Å². The van der Waals surface area contributed by atoms with Gasteiger partial charge < -0.3 is 15.2 Å². The van der Waals surface area contributed by atoms with Crippen LogP contribution in [0.4, 0.5) is 5.69 Å². The molecule has 0 bridgehead atoms. The molecule has 1 aromatic heterocycles. The van der Waals surface area contributed by atoms with Gasteiger partial charge in [0, 0.05) is 5.69 Å². The Labute approximate surface area is 140 Å². The Kier molecular flexibility index (Phi) is 4.12. The highest BCUT2D eigenvalue weighted by Gasteiger charge is 2.15. The summed E-state index contributed by atoms with van der Waals surface area (Å²) >= 11 is 0. The minimum absolute atomic E-state index is 0.0572. The lowest BCUT2D eigenvalue weighted by atomic mass is 10.1. The van der Waals surface area contributed by atoms with Crippen molar-refractivity contribution in [2.45, 2.75) is 0 Å². The second-order valence-electron chi connectivity index (χ2n) is 5.05. The molecule has 9 nitrogen and oxygen atoms in total. The van der Waals surface area contributed by atoms with E-state index in [1.807, 2.05) is 0 Å². The number of methoxy groups -OCH3 is 1. The molecule has 3 aromatic rings. The maximum atomic E-state index is 12.3. The Hall–Kier alpha value is -3.75. The predicted octanol–water partition coefficient (Wildman–Crippen LogP) is 0.820. The minimum Gasteiger partial charge on any atom is -0.504 e. The smallest absolute Gasteiger partial charge is 0.348 e. The molecular weight excluding hydrogens is 328 g/mol. The molecule has 0 saturated carbocycles. The third kappa shape index (κ3) is 3.02. The minimum atomic E-state index is -0.594. The van der Waals surface area contributed by atoms with Crippen LogP contribution in [-0.2, 0) is 0 Å². The van der Waals surface area contributed by atoms with Gasteiger partial charge in [-0.15, -0.1) is 0 Å². The first-order chi connectivity index (χ1) is 12.0. The third-order valence-corrected chi connectivity index (χ3v) is 3.53. The van der Waals surface area contributed by atoms with Crippen molar-refractivity contribution < 1.29 is 14.6 Å². The maximum absolute atomic E-state index is 12.3. The Morgan fingerprint density at radius 3 is 2.32 bits per heavy atom. The summed E-state index contributed by atoms with van der Waals surface area (Å²) in [6.45, 7) is 0. The average Bonchev–Trinajstić information content (AvgIpc) is 2.94. The second kappa shape index (κ2) is 6.40. The van der Waals surface area contributed by atoms with Crippen LogP contribution in [0.3, 0.4) is 0 Å². The lowest BCUT2D eigenvalue weighted by Gasteiger charge is -2.10. The van der Waals surface area contributed by atoms with Gasteiger partial charge in [-0.2, -0.15) is 0 Å². The molecule has 128 valence electrons. The van der Waals surface area contributed by atoms with Crippen LogP contribution in [-0.4, -0.2) is 32.9 Å². The number of rotatable bonds is 4. The van der Waals surface area contributed by atoms with Gasteiger partial charge in [0.2, 0.25) is 0 Å². The Morgan fingerprint density at radius 2 is 1.72 bits per heavy atom. The largest absolute Gasteiger partial charge is 0.504 e. The number of H-pyrrole nitrogens is 2. The lowest BCUT2D eigenvalue weighted by molar-refractivity contribution is 0.102. The number of benzene rings is 2. The molecule has 0 spiro atoms. The number of aromatic amines is 2. The fourth-order valence-corrected chi connectivity index (χ4v) is 2.31. The van der Waals surface area contributed by atoms with Crippen molar-refractivity contribution in [3.8, 4) is 17.2 Å². The zero-order valence-electron chi connectivity index (χ0n) is 13.1. The number of phenolic OH excluding ortho intramolecular Hbond substituents is 1. The van der Waals surface area contributed by atoms with Crippen molar-refractivity contribution in [1.82, 2.24) is 14.8 Å². The number of carbonyl (C=O) groups is 1. The Balaban J connectivity index is 1.84. The van der Waals surface area contributed by atoms with E-state index in [2.05, 4.69) is 15.5 Å². The fourth-order valence-electron chi connectivity index (χ4n) is 2.31. The molecule has 0 fully saturated rings. The van der Waals surface area contributed by atoms with Gasteiger partial charge >= 0.3 is 11.4 Å². The standard InChI is InChI=1S/C16H14N4O5/c1-25-12-4-2-3-11(13(12)21)14(22)17-9-5-7-10(8-6-9)20-15(23)18-19-16(20)24/h2-8,21H,1H3,(H,17,22)(H,18,23)(H,19,24). The Morgan fingerprint density at radius 1 is 1.08 bits per heavy atom. The highest BCUT2D eigenvalue weighted by Crippen LogP contribution is 2.29. The van der Waals surface area contributed by atoms with Crippen molar-refractivity contribution in [3.05, 3.63) is 69.0 Å². The number of carbonyl (C=O) groups excluding carboxylic acids is 1. The molecule has 3 rings (SSSR count). The number of nitrogens with zero attached hydrogens (tertiary/aromatic N) is 1. The number of para-hydroxylation sites is 1. The van der Waals surface area contributed by atoms with Gasteiger partial charge in [0.1, 0.15) is 0 Å². The van der Waals surface area contributed by atoms with Gasteiger partial charge in [-0.05, 0) is 36.4 Å². The number of amides is 1. The Bertz CT molecular complexity index is 1000. The van der Waals surface area contributed by atoms with Gasteiger partial charge in [-0.3, -0.25) is 4.79 Å². The molecule has 1 heterocycles. The molecule has 0 saturated heterocycles. The van der Waals surface area contributed by atoms with Crippen molar-refractivity contribution >= 4 is 11.6 Å². The summed E-state index contributed by atoms with van der Waals surface area (Å²) < 4.78 is 5.88. The van der Waals surface area contributed by atoms with Gasteiger partial charge in [0.25, 0.3) is 5.91 Å². The molecule has 0 aliphatic heterocycles. The van der Waals surface area contributed by atoms with Crippen LogP contribution in [0.1, 0.15) is 10.4 Å². The van der Waals surface area contributed by atoms with Crippen molar-refractivity contribution in [2.75, 3.05) is 12.4 Å². The number of anilines is 1. The van der Waals surface area contributed by atoms with E-state index in [4.69, 9.17) is 4.74 Å². The van der Waals surface area contributed by atoms with E-state index in [0.29, 0.717) is 11.4 Å². The van der Waals surface area contributed by atoms with Crippen LogP contribution in [0.25, 0.3) is 5.69 Å². The monoisotopic (exact) mass is 342 g/mol. The first-order valence-electron chi connectivity index (χ1n) is 7.18. The number of phenols is 1. The van der Waals surface area contributed by atoms with Gasteiger partial charge in [-0.25, -0.2) is 24.4 Å². The lowest BCUT2D eigenvalue weighted by Crippen LogP contribution is -2.24. The topological polar surface area (TPSA) is 129 Å². The molecule has 0 atom stereocenters. The molecule has 1 amide bonds. The zero-order chi connectivity index (χ0) is 18.0. The SMILES string of the molecule is COc1cccc(C(=O)Nc2ccc(-n3c(=O)[nH][nH]c3=O)cc2)c1O. The van der Waals surface area contributed by atoms with Gasteiger partial charge in [0.05, 0.1) is 18.4 Å². The summed E-state index contributed by atoms with van der Waals surface area (Å²) in [5.41, 5.74) is -0.362. The first-order valence-corrected chi connectivity index (χ1v) is 7.18. The maximum Gasteiger partial charge on any atom is 0.348 e. The van der Waals surface area contributed by atoms with Crippen molar-refractivity contribution in [2.24, 2.45) is 0 Å². The summed E-state index contributed by atoms with van der Waals surface area (Å²) in [7, 11) is 1.39. The normalized spacial score (nSPS) is 10.4. The molecule has 2 aromatic carbocycles.